The lowest BCUT2D eigenvalue weighted by Gasteiger charge is -2.40. The number of nitrogens with two attached hydrogens (primary N) is 1. The van der Waals surface area contributed by atoms with E-state index < -0.39 is 0 Å². The van der Waals surface area contributed by atoms with E-state index in [0.717, 1.165) is 12.5 Å². The largest absolute Gasteiger partial charge is 0.329 e. The van der Waals surface area contributed by atoms with Gasteiger partial charge in [-0.3, -0.25) is 4.90 Å². The van der Waals surface area contributed by atoms with Crippen molar-refractivity contribution in [1.82, 2.24) is 4.90 Å². The van der Waals surface area contributed by atoms with Crippen LogP contribution < -0.4 is 5.73 Å². The third-order valence-corrected chi connectivity index (χ3v) is 4.44. The number of nitrogens with zero attached hydrogens (tertiary/aromatic N) is 1. The molecule has 1 heterocycles. The van der Waals surface area contributed by atoms with Crippen LogP contribution in [0.1, 0.15) is 36.3 Å². The van der Waals surface area contributed by atoms with Gasteiger partial charge in [0.15, 0.2) is 0 Å². The van der Waals surface area contributed by atoms with Crippen molar-refractivity contribution in [2.24, 2.45) is 5.73 Å². The molecule has 3 rings (SSSR count). The topological polar surface area (TPSA) is 29.3 Å². The van der Waals surface area contributed by atoms with Crippen molar-refractivity contribution in [2.45, 2.75) is 37.6 Å². The van der Waals surface area contributed by atoms with Gasteiger partial charge in [-0.25, -0.2) is 0 Å². The number of hydrogen-bond acceptors (Lipinski definition) is 2. The Hall–Kier alpha value is -0.860. The van der Waals surface area contributed by atoms with Crippen molar-refractivity contribution in [2.75, 3.05) is 19.6 Å². The SMILES string of the molecule is NCC1CCCCN1CC1Cc2ccccc21. The molecule has 1 saturated heterocycles. The number of likely N-dealkylation sites (tertiary alicyclic amines) is 1. The van der Waals surface area contributed by atoms with Crippen LogP contribution in [-0.2, 0) is 6.42 Å². The molecule has 1 aliphatic carbocycles. The predicted octanol–water partition coefficient (Wildman–Crippen LogP) is 2.14. The fourth-order valence-electron chi connectivity index (χ4n) is 3.38. The number of rotatable bonds is 3. The molecule has 2 atom stereocenters. The van der Waals surface area contributed by atoms with Crippen LogP contribution in [0.15, 0.2) is 24.3 Å². The van der Waals surface area contributed by atoms with Gasteiger partial charge in [-0.2, -0.15) is 0 Å². The Morgan fingerprint density at radius 1 is 1.24 bits per heavy atom. The van der Waals surface area contributed by atoms with E-state index in [1.54, 1.807) is 11.1 Å². The second-order valence-corrected chi connectivity index (χ2v) is 5.48. The van der Waals surface area contributed by atoms with Crippen molar-refractivity contribution >= 4 is 0 Å². The lowest BCUT2D eigenvalue weighted by Crippen LogP contribution is -2.47. The van der Waals surface area contributed by atoms with Crippen LogP contribution in [0.5, 0.6) is 0 Å². The van der Waals surface area contributed by atoms with E-state index in [1.165, 1.54) is 38.8 Å². The molecular weight excluding hydrogens is 208 g/mol. The van der Waals surface area contributed by atoms with Gasteiger partial charge in [0.1, 0.15) is 0 Å². The summed E-state index contributed by atoms with van der Waals surface area (Å²) in [4.78, 5) is 2.63. The van der Waals surface area contributed by atoms with Crippen molar-refractivity contribution in [3.8, 4) is 0 Å². The van der Waals surface area contributed by atoms with Crippen LogP contribution >= 0.6 is 0 Å². The molecule has 92 valence electrons. The van der Waals surface area contributed by atoms with E-state index in [0.29, 0.717) is 6.04 Å². The van der Waals surface area contributed by atoms with Crippen LogP contribution in [0.4, 0.5) is 0 Å². The standard InChI is InChI=1S/C15H22N2/c16-10-14-6-3-4-8-17(14)11-13-9-12-5-1-2-7-15(12)13/h1-2,5,7,13-14H,3-4,6,8-11,16H2. The Labute approximate surface area is 104 Å². The molecule has 0 radical (unpaired) electrons. The second-order valence-electron chi connectivity index (χ2n) is 5.48. The summed E-state index contributed by atoms with van der Waals surface area (Å²) in [6, 6.07) is 9.52. The summed E-state index contributed by atoms with van der Waals surface area (Å²) in [5, 5.41) is 0. The molecule has 2 unspecified atom stereocenters. The average molecular weight is 230 g/mol. The highest BCUT2D eigenvalue weighted by molar-refractivity contribution is 5.40. The van der Waals surface area contributed by atoms with E-state index >= 15 is 0 Å². The van der Waals surface area contributed by atoms with E-state index in [1.807, 2.05) is 0 Å². The third kappa shape index (κ3) is 2.12. The summed E-state index contributed by atoms with van der Waals surface area (Å²) in [5.41, 5.74) is 9.01. The highest BCUT2D eigenvalue weighted by Crippen LogP contribution is 2.36. The molecule has 1 aromatic carbocycles. The molecule has 0 spiro atoms. The Morgan fingerprint density at radius 2 is 2.12 bits per heavy atom. The Balaban J connectivity index is 1.65. The van der Waals surface area contributed by atoms with Gasteiger partial charge in [0.25, 0.3) is 0 Å². The molecule has 1 aliphatic heterocycles. The maximum absolute atomic E-state index is 5.88. The normalized spacial score (nSPS) is 28.5. The van der Waals surface area contributed by atoms with Gasteiger partial charge >= 0.3 is 0 Å². The Kier molecular flexibility index (Phi) is 3.17. The monoisotopic (exact) mass is 230 g/mol. The second kappa shape index (κ2) is 4.79. The molecular formula is C15H22N2. The van der Waals surface area contributed by atoms with Crippen molar-refractivity contribution in [3.05, 3.63) is 35.4 Å². The van der Waals surface area contributed by atoms with Crippen LogP contribution in [-0.4, -0.2) is 30.6 Å². The average Bonchev–Trinajstić information content (AvgIpc) is 2.36. The van der Waals surface area contributed by atoms with E-state index in [4.69, 9.17) is 5.73 Å². The van der Waals surface area contributed by atoms with E-state index in [9.17, 15) is 0 Å². The molecule has 2 N–H and O–H groups in total. The zero-order chi connectivity index (χ0) is 11.7. The maximum atomic E-state index is 5.88. The zero-order valence-electron chi connectivity index (χ0n) is 10.4. The fourth-order valence-corrected chi connectivity index (χ4v) is 3.38. The zero-order valence-corrected chi connectivity index (χ0v) is 10.4. The highest BCUT2D eigenvalue weighted by Gasteiger charge is 2.30. The quantitative estimate of drug-likeness (QED) is 0.862. The van der Waals surface area contributed by atoms with Crippen LogP contribution in [0, 0.1) is 0 Å². The molecule has 0 bridgehead atoms. The van der Waals surface area contributed by atoms with Gasteiger partial charge < -0.3 is 5.73 Å². The molecule has 1 fully saturated rings. The molecule has 0 aromatic heterocycles. The van der Waals surface area contributed by atoms with Gasteiger partial charge in [-0.1, -0.05) is 30.7 Å². The predicted molar refractivity (Wildman–Crippen MR) is 71.2 cm³/mol. The smallest absolute Gasteiger partial charge is 0.0218 e. The first-order chi connectivity index (χ1) is 8.38. The molecule has 0 amide bonds. The first kappa shape index (κ1) is 11.2. The van der Waals surface area contributed by atoms with Gasteiger partial charge in [0.05, 0.1) is 0 Å². The molecule has 2 nitrogen and oxygen atoms in total. The molecule has 1 aromatic rings. The first-order valence-corrected chi connectivity index (χ1v) is 6.90. The number of benzene rings is 1. The molecule has 2 heteroatoms. The summed E-state index contributed by atoms with van der Waals surface area (Å²) in [7, 11) is 0. The van der Waals surface area contributed by atoms with Crippen LogP contribution in [0.25, 0.3) is 0 Å². The number of fused-ring (bicyclic) bond motifs is 1. The first-order valence-electron chi connectivity index (χ1n) is 6.90. The summed E-state index contributed by atoms with van der Waals surface area (Å²) >= 11 is 0. The summed E-state index contributed by atoms with van der Waals surface area (Å²) in [6.45, 7) is 3.30. The minimum Gasteiger partial charge on any atom is -0.329 e. The van der Waals surface area contributed by atoms with Crippen molar-refractivity contribution in [3.63, 3.8) is 0 Å². The highest BCUT2D eigenvalue weighted by atomic mass is 15.2. The van der Waals surface area contributed by atoms with Gasteiger partial charge in [-0.05, 0) is 36.9 Å². The summed E-state index contributed by atoms with van der Waals surface area (Å²) in [6.07, 6.45) is 5.28. The Morgan fingerprint density at radius 3 is 2.94 bits per heavy atom. The fraction of sp³-hybridized carbons (Fsp3) is 0.600. The van der Waals surface area contributed by atoms with Crippen molar-refractivity contribution in [1.29, 1.82) is 0 Å². The Bertz CT molecular complexity index is 388. The lowest BCUT2D eigenvalue weighted by molar-refractivity contribution is 0.139. The van der Waals surface area contributed by atoms with E-state index in [-0.39, 0.29) is 0 Å². The van der Waals surface area contributed by atoms with Crippen LogP contribution in [0.3, 0.4) is 0 Å². The lowest BCUT2D eigenvalue weighted by atomic mass is 9.77. The molecule has 17 heavy (non-hydrogen) atoms. The minimum absolute atomic E-state index is 0.636. The molecule has 0 saturated carbocycles. The minimum atomic E-state index is 0.636. The maximum Gasteiger partial charge on any atom is 0.0218 e. The number of piperidine rings is 1. The van der Waals surface area contributed by atoms with Gasteiger partial charge in [-0.15, -0.1) is 0 Å². The summed E-state index contributed by atoms with van der Waals surface area (Å²) in [5.74, 6) is 0.762. The third-order valence-electron chi connectivity index (χ3n) is 4.44. The van der Waals surface area contributed by atoms with Gasteiger partial charge in [0.2, 0.25) is 0 Å². The van der Waals surface area contributed by atoms with Gasteiger partial charge in [0, 0.05) is 25.0 Å². The van der Waals surface area contributed by atoms with Crippen molar-refractivity contribution < 1.29 is 0 Å². The van der Waals surface area contributed by atoms with E-state index in [2.05, 4.69) is 29.2 Å². The summed E-state index contributed by atoms with van der Waals surface area (Å²) < 4.78 is 0. The molecule has 2 aliphatic rings. The van der Waals surface area contributed by atoms with Crippen LogP contribution in [0.2, 0.25) is 0 Å². The number of hydrogen-bond donors (Lipinski definition) is 1.